The van der Waals surface area contributed by atoms with Crippen LogP contribution in [0.4, 0.5) is 0 Å². The molecule has 1 heterocycles. The van der Waals surface area contributed by atoms with Gasteiger partial charge in [0.1, 0.15) is 0 Å². The largest absolute Gasteiger partial charge is 0.349 e. The number of aryl methyl sites for hydroxylation is 1. The Bertz CT molecular complexity index is 556. The van der Waals surface area contributed by atoms with Crippen molar-refractivity contribution < 1.29 is 4.79 Å². The molecule has 2 unspecified atom stereocenters. The van der Waals surface area contributed by atoms with Gasteiger partial charge in [-0.05, 0) is 43.6 Å². The second kappa shape index (κ2) is 7.88. The molecule has 1 aromatic rings. The van der Waals surface area contributed by atoms with Crippen molar-refractivity contribution in [3.8, 4) is 11.8 Å². The Labute approximate surface area is 135 Å². The molecule has 0 aromatic carbocycles. The minimum Gasteiger partial charge on any atom is -0.349 e. The minimum absolute atomic E-state index is 0.0380. The summed E-state index contributed by atoms with van der Waals surface area (Å²) in [5.74, 6) is 7.06. The van der Waals surface area contributed by atoms with Gasteiger partial charge in [-0.1, -0.05) is 18.8 Å². The van der Waals surface area contributed by atoms with Gasteiger partial charge in [0, 0.05) is 11.3 Å². The van der Waals surface area contributed by atoms with E-state index in [1.54, 1.807) is 0 Å². The molecule has 1 fully saturated rings. The molecule has 2 rings (SSSR count). The quantitative estimate of drug-likeness (QED) is 0.838. The number of hydrogen-bond donors (Lipinski definition) is 2. The SMILES string of the molecule is CCSC1CCC(NC(=O)c2cc(C)c(C#CCN)s2)C1. The molecule has 5 heteroatoms. The van der Waals surface area contributed by atoms with Crippen molar-refractivity contribution >= 4 is 29.0 Å². The molecule has 1 aromatic heterocycles. The Morgan fingerprint density at radius 2 is 2.38 bits per heavy atom. The van der Waals surface area contributed by atoms with Crippen molar-refractivity contribution in [3.63, 3.8) is 0 Å². The maximum Gasteiger partial charge on any atom is 0.261 e. The molecular formula is C16H22N2OS2. The number of thiophene rings is 1. The summed E-state index contributed by atoms with van der Waals surface area (Å²) in [5.41, 5.74) is 6.44. The van der Waals surface area contributed by atoms with E-state index in [9.17, 15) is 4.79 Å². The summed E-state index contributed by atoms with van der Waals surface area (Å²) in [7, 11) is 0. The molecule has 21 heavy (non-hydrogen) atoms. The predicted molar refractivity (Wildman–Crippen MR) is 92.0 cm³/mol. The third kappa shape index (κ3) is 4.50. The molecular weight excluding hydrogens is 300 g/mol. The fourth-order valence-corrected chi connectivity index (χ4v) is 4.66. The Kier molecular flexibility index (Phi) is 6.16. The first-order chi connectivity index (χ1) is 10.1. The molecule has 0 radical (unpaired) electrons. The molecule has 0 spiro atoms. The summed E-state index contributed by atoms with van der Waals surface area (Å²) >= 11 is 3.46. The van der Waals surface area contributed by atoms with Crippen molar-refractivity contribution in [1.82, 2.24) is 5.32 Å². The number of hydrogen-bond acceptors (Lipinski definition) is 4. The van der Waals surface area contributed by atoms with Crippen LogP contribution in [0.15, 0.2) is 6.07 Å². The van der Waals surface area contributed by atoms with Crippen LogP contribution in [0, 0.1) is 18.8 Å². The van der Waals surface area contributed by atoms with Gasteiger partial charge in [-0.25, -0.2) is 0 Å². The van der Waals surface area contributed by atoms with Gasteiger partial charge in [0.2, 0.25) is 0 Å². The topological polar surface area (TPSA) is 55.1 Å². The first-order valence-corrected chi connectivity index (χ1v) is 9.22. The summed E-state index contributed by atoms with van der Waals surface area (Å²) in [6.07, 6.45) is 3.39. The maximum absolute atomic E-state index is 12.3. The number of amides is 1. The monoisotopic (exact) mass is 322 g/mol. The summed E-state index contributed by atoms with van der Waals surface area (Å²) in [6, 6.07) is 2.25. The molecule has 2 atom stereocenters. The second-order valence-corrected chi connectivity index (χ2v) is 7.82. The Morgan fingerprint density at radius 3 is 3.10 bits per heavy atom. The Balaban J connectivity index is 1.95. The molecule has 0 bridgehead atoms. The van der Waals surface area contributed by atoms with Crippen LogP contribution in [0.2, 0.25) is 0 Å². The van der Waals surface area contributed by atoms with Crippen LogP contribution in [0.1, 0.15) is 46.3 Å². The van der Waals surface area contributed by atoms with Gasteiger partial charge in [0.05, 0.1) is 16.3 Å². The van der Waals surface area contributed by atoms with E-state index < -0.39 is 0 Å². The highest BCUT2D eigenvalue weighted by Crippen LogP contribution is 2.30. The van der Waals surface area contributed by atoms with Crippen LogP contribution in [0.5, 0.6) is 0 Å². The van der Waals surface area contributed by atoms with E-state index in [1.165, 1.54) is 17.8 Å². The summed E-state index contributed by atoms with van der Waals surface area (Å²) in [5, 5.41) is 3.87. The zero-order valence-electron chi connectivity index (χ0n) is 12.6. The van der Waals surface area contributed by atoms with Gasteiger partial charge in [0.15, 0.2) is 0 Å². The van der Waals surface area contributed by atoms with Gasteiger partial charge in [-0.3, -0.25) is 4.79 Å². The van der Waals surface area contributed by atoms with Crippen LogP contribution in [-0.4, -0.2) is 29.5 Å². The average Bonchev–Trinajstić information content (AvgIpc) is 3.04. The van der Waals surface area contributed by atoms with Crippen LogP contribution in [-0.2, 0) is 0 Å². The zero-order chi connectivity index (χ0) is 15.2. The smallest absolute Gasteiger partial charge is 0.261 e. The zero-order valence-corrected chi connectivity index (χ0v) is 14.2. The van der Waals surface area contributed by atoms with Crippen LogP contribution >= 0.6 is 23.1 Å². The predicted octanol–water partition coefficient (Wildman–Crippen LogP) is 2.77. The molecule has 1 saturated carbocycles. The lowest BCUT2D eigenvalue weighted by atomic mass is 10.2. The normalized spacial score (nSPS) is 20.9. The highest BCUT2D eigenvalue weighted by Gasteiger charge is 2.26. The number of carbonyl (C=O) groups is 1. The number of carbonyl (C=O) groups excluding carboxylic acids is 1. The van der Waals surface area contributed by atoms with E-state index >= 15 is 0 Å². The van der Waals surface area contributed by atoms with Crippen molar-refractivity contribution in [1.29, 1.82) is 0 Å². The van der Waals surface area contributed by atoms with E-state index in [0.29, 0.717) is 17.8 Å². The van der Waals surface area contributed by atoms with Crippen LogP contribution in [0.3, 0.4) is 0 Å². The minimum atomic E-state index is 0.0380. The van der Waals surface area contributed by atoms with E-state index in [2.05, 4.69) is 24.1 Å². The highest BCUT2D eigenvalue weighted by atomic mass is 32.2. The molecule has 1 amide bonds. The third-order valence-corrected chi connectivity index (χ3v) is 5.95. The van der Waals surface area contributed by atoms with Crippen molar-refractivity contribution in [2.45, 2.75) is 44.4 Å². The summed E-state index contributed by atoms with van der Waals surface area (Å²) in [4.78, 5) is 14.0. The van der Waals surface area contributed by atoms with E-state index in [-0.39, 0.29) is 5.91 Å². The Morgan fingerprint density at radius 1 is 1.57 bits per heavy atom. The first kappa shape index (κ1) is 16.4. The second-order valence-electron chi connectivity index (χ2n) is 5.19. The average molecular weight is 322 g/mol. The summed E-state index contributed by atoms with van der Waals surface area (Å²) < 4.78 is 0. The third-order valence-electron chi connectivity index (χ3n) is 3.57. The van der Waals surface area contributed by atoms with Gasteiger partial charge >= 0.3 is 0 Å². The van der Waals surface area contributed by atoms with E-state index in [0.717, 1.165) is 33.9 Å². The van der Waals surface area contributed by atoms with Gasteiger partial charge in [0.25, 0.3) is 5.91 Å². The standard InChI is InChI=1S/C16H22N2OS2/c1-3-20-13-7-6-12(10-13)18-16(19)15-9-11(2)14(21-15)5-4-8-17/h9,12-13H,3,6-8,10,17H2,1-2H3,(H,18,19). The molecule has 3 N–H and O–H groups in total. The molecule has 114 valence electrons. The van der Waals surface area contributed by atoms with Crippen LogP contribution < -0.4 is 11.1 Å². The number of rotatable bonds is 4. The highest BCUT2D eigenvalue weighted by molar-refractivity contribution is 7.99. The van der Waals surface area contributed by atoms with Gasteiger partial charge in [-0.2, -0.15) is 11.8 Å². The van der Waals surface area contributed by atoms with Crippen LogP contribution in [0.25, 0.3) is 0 Å². The Hall–Kier alpha value is -0.960. The van der Waals surface area contributed by atoms with E-state index in [1.807, 2.05) is 24.8 Å². The summed E-state index contributed by atoms with van der Waals surface area (Å²) in [6.45, 7) is 4.52. The fourth-order valence-electron chi connectivity index (χ4n) is 2.56. The molecule has 0 saturated heterocycles. The number of nitrogens with one attached hydrogen (secondary N) is 1. The van der Waals surface area contributed by atoms with Crippen molar-refractivity contribution in [2.24, 2.45) is 5.73 Å². The number of thioether (sulfide) groups is 1. The number of nitrogens with two attached hydrogens (primary N) is 1. The molecule has 3 nitrogen and oxygen atoms in total. The van der Waals surface area contributed by atoms with Gasteiger partial charge < -0.3 is 11.1 Å². The lowest BCUT2D eigenvalue weighted by Crippen LogP contribution is -2.32. The maximum atomic E-state index is 12.3. The van der Waals surface area contributed by atoms with Gasteiger partial charge in [-0.15, -0.1) is 11.3 Å². The fraction of sp³-hybridized carbons (Fsp3) is 0.562. The van der Waals surface area contributed by atoms with E-state index in [4.69, 9.17) is 5.73 Å². The molecule has 1 aliphatic carbocycles. The lowest BCUT2D eigenvalue weighted by molar-refractivity contribution is 0.0942. The lowest BCUT2D eigenvalue weighted by Gasteiger charge is -2.12. The molecule has 1 aliphatic rings. The van der Waals surface area contributed by atoms with Crippen molar-refractivity contribution in [2.75, 3.05) is 12.3 Å². The molecule has 0 aliphatic heterocycles. The van der Waals surface area contributed by atoms with Crippen molar-refractivity contribution in [3.05, 3.63) is 21.4 Å². The first-order valence-electron chi connectivity index (χ1n) is 7.35.